The van der Waals surface area contributed by atoms with Crippen LogP contribution in [0.1, 0.15) is 40.2 Å². The van der Waals surface area contributed by atoms with E-state index in [0.29, 0.717) is 5.92 Å². The molecule has 3 heterocycles. The lowest BCUT2D eigenvalue weighted by molar-refractivity contribution is 0.0694. The van der Waals surface area contributed by atoms with Crippen LogP contribution in [0.25, 0.3) is 27.5 Å². The number of aryl methyl sites for hydroxylation is 1. The minimum atomic E-state index is -1.18. The SMILES string of the molecule is Cc1c(-c2cccc3[nH]ncc23)ccn2c(=O)c(C(=O)O)cc(C3CC3)c12. The molecule has 1 aromatic carbocycles. The maximum atomic E-state index is 12.7. The van der Waals surface area contributed by atoms with E-state index in [-0.39, 0.29) is 5.56 Å². The minimum absolute atomic E-state index is 0.168. The summed E-state index contributed by atoms with van der Waals surface area (Å²) in [6.45, 7) is 2.00. The highest BCUT2D eigenvalue weighted by molar-refractivity contribution is 5.96. The van der Waals surface area contributed by atoms with Crippen LogP contribution < -0.4 is 5.56 Å². The molecule has 0 radical (unpaired) electrons. The maximum absolute atomic E-state index is 12.7. The van der Waals surface area contributed by atoms with Crippen LogP contribution in [0.15, 0.2) is 47.5 Å². The van der Waals surface area contributed by atoms with Crippen LogP contribution in [0.5, 0.6) is 0 Å². The molecular formula is C21H17N3O3. The van der Waals surface area contributed by atoms with Crippen LogP contribution in [0, 0.1) is 6.92 Å². The lowest BCUT2D eigenvalue weighted by atomic mass is 9.95. The maximum Gasteiger partial charge on any atom is 0.341 e. The molecule has 0 amide bonds. The van der Waals surface area contributed by atoms with Gasteiger partial charge in [-0.2, -0.15) is 5.10 Å². The van der Waals surface area contributed by atoms with Gasteiger partial charge in [0.2, 0.25) is 0 Å². The second-order valence-corrected chi connectivity index (χ2v) is 7.11. The number of fused-ring (bicyclic) bond motifs is 2. The molecule has 0 spiro atoms. The molecule has 5 rings (SSSR count). The molecule has 1 aliphatic rings. The van der Waals surface area contributed by atoms with Crippen molar-refractivity contribution in [3.8, 4) is 11.1 Å². The van der Waals surface area contributed by atoms with Crippen LogP contribution in [-0.2, 0) is 0 Å². The first-order valence-electron chi connectivity index (χ1n) is 8.91. The summed E-state index contributed by atoms with van der Waals surface area (Å²) in [5.74, 6) is -0.862. The molecule has 1 aliphatic carbocycles. The van der Waals surface area contributed by atoms with Gasteiger partial charge in [-0.3, -0.25) is 14.3 Å². The van der Waals surface area contributed by atoms with E-state index in [1.165, 1.54) is 4.40 Å². The van der Waals surface area contributed by atoms with Gasteiger partial charge >= 0.3 is 5.97 Å². The number of benzene rings is 1. The Balaban J connectivity index is 1.87. The van der Waals surface area contributed by atoms with E-state index in [4.69, 9.17) is 0 Å². The van der Waals surface area contributed by atoms with Crippen molar-refractivity contribution in [2.24, 2.45) is 0 Å². The predicted octanol–water partition coefficient (Wildman–Crippen LogP) is 3.73. The van der Waals surface area contributed by atoms with Crippen molar-refractivity contribution >= 4 is 22.4 Å². The monoisotopic (exact) mass is 359 g/mol. The Labute approximate surface area is 154 Å². The molecule has 4 aromatic rings. The standard InChI is InChI=1S/C21H17N3O3/c1-11-13(14-3-2-4-18-17(14)10-22-23-18)7-8-24-19(11)15(12-5-6-12)9-16(20(24)25)21(26)27/h2-4,7-10,12H,5-6H2,1H3,(H,22,23)(H,26,27). The van der Waals surface area contributed by atoms with Gasteiger partial charge in [-0.15, -0.1) is 0 Å². The average Bonchev–Trinajstić information content (AvgIpc) is 3.38. The van der Waals surface area contributed by atoms with Crippen molar-refractivity contribution in [3.63, 3.8) is 0 Å². The van der Waals surface area contributed by atoms with Crippen molar-refractivity contribution < 1.29 is 9.90 Å². The summed E-state index contributed by atoms with van der Waals surface area (Å²) in [5.41, 5.74) is 5.10. The lowest BCUT2D eigenvalue weighted by Crippen LogP contribution is -2.23. The third kappa shape index (κ3) is 2.30. The molecule has 0 unspecified atom stereocenters. The number of carboxylic acids is 1. The number of carbonyl (C=O) groups is 1. The highest BCUT2D eigenvalue weighted by Gasteiger charge is 2.29. The van der Waals surface area contributed by atoms with Gasteiger partial charge in [-0.25, -0.2) is 4.79 Å². The van der Waals surface area contributed by atoms with E-state index < -0.39 is 11.5 Å². The number of rotatable bonds is 3. The largest absolute Gasteiger partial charge is 0.477 e. The zero-order valence-corrected chi connectivity index (χ0v) is 14.7. The van der Waals surface area contributed by atoms with Crippen molar-refractivity contribution in [1.82, 2.24) is 14.6 Å². The molecule has 3 aromatic heterocycles. The summed E-state index contributed by atoms with van der Waals surface area (Å²) in [6.07, 6.45) is 5.54. The molecule has 0 bridgehead atoms. The van der Waals surface area contributed by atoms with Gasteiger partial charge in [-0.1, -0.05) is 12.1 Å². The zero-order chi connectivity index (χ0) is 18.7. The van der Waals surface area contributed by atoms with Crippen molar-refractivity contribution in [3.05, 3.63) is 69.8 Å². The summed E-state index contributed by atoms with van der Waals surface area (Å²) in [7, 11) is 0. The Morgan fingerprint density at radius 3 is 2.81 bits per heavy atom. The van der Waals surface area contributed by atoms with E-state index in [9.17, 15) is 14.7 Å². The fraction of sp³-hybridized carbons (Fsp3) is 0.190. The van der Waals surface area contributed by atoms with Crippen molar-refractivity contribution in [2.75, 3.05) is 0 Å². The normalized spacial score (nSPS) is 14.1. The Kier molecular flexibility index (Phi) is 3.25. The van der Waals surface area contributed by atoms with Gasteiger partial charge < -0.3 is 5.11 Å². The van der Waals surface area contributed by atoms with Crippen LogP contribution >= 0.6 is 0 Å². The van der Waals surface area contributed by atoms with Gasteiger partial charge in [0.15, 0.2) is 0 Å². The second kappa shape index (κ2) is 5.54. The Morgan fingerprint density at radius 1 is 1.26 bits per heavy atom. The van der Waals surface area contributed by atoms with Gasteiger partial charge in [0.1, 0.15) is 5.56 Å². The third-order valence-corrected chi connectivity index (χ3v) is 5.44. The van der Waals surface area contributed by atoms with E-state index in [0.717, 1.165) is 51.5 Å². The molecule has 1 fully saturated rings. The molecule has 6 nitrogen and oxygen atoms in total. The number of pyridine rings is 2. The Bertz CT molecular complexity index is 1300. The number of nitrogens with one attached hydrogen (secondary N) is 1. The number of aromatic carboxylic acids is 1. The Morgan fingerprint density at radius 2 is 2.07 bits per heavy atom. The number of nitrogens with zero attached hydrogens (tertiary/aromatic N) is 2. The summed E-state index contributed by atoms with van der Waals surface area (Å²) in [4.78, 5) is 24.2. The van der Waals surface area contributed by atoms with Crippen LogP contribution in [0.2, 0.25) is 0 Å². The highest BCUT2D eigenvalue weighted by Crippen LogP contribution is 2.43. The summed E-state index contributed by atoms with van der Waals surface area (Å²) < 4.78 is 1.49. The number of H-pyrrole nitrogens is 1. The first-order chi connectivity index (χ1) is 13.1. The van der Waals surface area contributed by atoms with Gasteiger partial charge in [0, 0.05) is 11.6 Å². The molecule has 134 valence electrons. The number of aromatic amines is 1. The molecule has 6 heteroatoms. The number of carboxylic acid groups (broad SMARTS) is 1. The van der Waals surface area contributed by atoms with Crippen LogP contribution in [0.4, 0.5) is 0 Å². The summed E-state index contributed by atoms with van der Waals surface area (Å²) >= 11 is 0. The lowest BCUT2D eigenvalue weighted by Gasteiger charge is -2.15. The first kappa shape index (κ1) is 15.8. The minimum Gasteiger partial charge on any atom is -0.477 e. The molecule has 0 atom stereocenters. The molecule has 1 saturated carbocycles. The molecule has 0 saturated heterocycles. The smallest absolute Gasteiger partial charge is 0.341 e. The molecule has 2 N–H and O–H groups in total. The molecule has 0 aliphatic heterocycles. The number of aromatic nitrogens is 3. The average molecular weight is 359 g/mol. The zero-order valence-electron chi connectivity index (χ0n) is 14.7. The fourth-order valence-corrected chi connectivity index (χ4v) is 3.95. The molecule has 27 heavy (non-hydrogen) atoms. The number of hydrogen-bond donors (Lipinski definition) is 2. The second-order valence-electron chi connectivity index (χ2n) is 7.11. The Hall–Kier alpha value is -3.41. The van der Waals surface area contributed by atoms with Gasteiger partial charge in [-0.05, 0) is 66.1 Å². The van der Waals surface area contributed by atoms with Gasteiger partial charge in [0.05, 0.1) is 17.2 Å². The van der Waals surface area contributed by atoms with E-state index in [2.05, 4.69) is 10.2 Å². The first-order valence-corrected chi connectivity index (χ1v) is 8.91. The van der Waals surface area contributed by atoms with E-state index in [1.54, 1.807) is 18.5 Å². The highest BCUT2D eigenvalue weighted by atomic mass is 16.4. The summed E-state index contributed by atoms with van der Waals surface area (Å²) in [6, 6.07) is 9.44. The van der Waals surface area contributed by atoms with Gasteiger partial charge in [0.25, 0.3) is 5.56 Å². The quantitative estimate of drug-likeness (QED) is 0.583. The summed E-state index contributed by atoms with van der Waals surface area (Å²) in [5, 5.41) is 17.6. The molecular weight excluding hydrogens is 342 g/mol. The van der Waals surface area contributed by atoms with E-state index >= 15 is 0 Å². The third-order valence-electron chi connectivity index (χ3n) is 5.44. The van der Waals surface area contributed by atoms with Crippen LogP contribution in [0.3, 0.4) is 0 Å². The fourth-order valence-electron chi connectivity index (χ4n) is 3.95. The number of hydrogen-bond acceptors (Lipinski definition) is 3. The van der Waals surface area contributed by atoms with Crippen molar-refractivity contribution in [1.29, 1.82) is 0 Å². The van der Waals surface area contributed by atoms with Crippen LogP contribution in [-0.4, -0.2) is 25.7 Å². The predicted molar refractivity (Wildman–Crippen MR) is 102 cm³/mol. The topological polar surface area (TPSA) is 87.5 Å². The van der Waals surface area contributed by atoms with E-state index in [1.807, 2.05) is 31.2 Å². The van der Waals surface area contributed by atoms with Crippen molar-refractivity contribution in [2.45, 2.75) is 25.7 Å².